The maximum atomic E-state index is 11.6. The van der Waals surface area contributed by atoms with Gasteiger partial charge in [0.1, 0.15) is 0 Å². The molecule has 0 aliphatic heterocycles. The zero-order chi connectivity index (χ0) is 14.4. The Hall–Kier alpha value is -1.69. The SMILES string of the molecule is CCOC(=O)c1cccc(N=Cc2ccccc2I)c1. The van der Waals surface area contributed by atoms with Crippen molar-refractivity contribution in [3.05, 3.63) is 63.2 Å². The number of benzene rings is 2. The van der Waals surface area contributed by atoms with E-state index in [2.05, 4.69) is 27.6 Å². The summed E-state index contributed by atoms with van der Waals surface area (Å²) in [5, 5.41) is 0. The lowest BCUT2D eigenvalue weighted by atomic mass is 10.2. The molecule has 0 N–H and O–H groups in total. The van der Waals surface area contributed by atoms with Crippen LogP contribution in [0.5, 0.6) is 0 Å². The Morgan fingerprint density at radius 3 is 2.80 bits per heavy atom. The maximum absolute atomic E-state index is 11.6. The van der Waals surface area contributed by atoms with E-state index >= 15 is 0 Å². The molecule has 3 nitrogen and oxygen atoms in total. The molecule has 20 heavy (non-hydrogen) atoms. The second kappa shape index (κ2) is 7.19. The highest BCUT2D eigenvalue weighted by Crippen LogP contribution is 2.16. The number of carbonyl (C=O) groups excluding carboxylic acids is 1. The first-order chi connectivity index (χ1) is 9.70. The number of aliphatic imine (C=N–C) groups is 1. The second-order valence-electron chi connectivity index (χ2n) is 4.05. The molecule has 0 aromatic heterocycles. The predicted molar refractivity (Wildman–Crippen MR) is 88.8 cm³/mol. The third kappa shape index (κ3) is 3.90. The fourth-order valence-electron chi connectivity index (χ4n) is 1.65. The quantitative estimate of drug-likeness (QED) is 0.453. The van der Waals surface area contributed by atoms with E-state index in [1.165, 1.54) is 0 Å². The summed E-state index contributed by atoms with van der Waals surface area (Å²) >= 11 is 2.27. The molecule has 0 spiro atoms. The number of hydrogen-bond donors (Lipinski definition) is 0. The van der Waals surface area contributed by atoms with E-state index in [1.807, 2.05) is 30.3 Å². The van der Waals surface area contributed by atoms with E-state index in [4.69, 9.17) is 4.74 Å². The van der Waals surface area contributed by atoms with Crippen molar-refractivity contribution in [3.63, 3.8) is 0 Å². The number of halogens is 1. The topological polar surface area (TPSA) is 38.7 Å². The molecule has 0 unspecified atom stereocenters. The van der Waals surface area contributed by atoms with Gasteiger partial charge in [0.2, 0.25) is 0 Å². The molecule has 0 radical (unpaired) electrons. The highest BCUT2D eigenvalue weighted by Gasteiger charge is 2.05. The standard InChI is InChI=1S/C16H14INO2/c1-2-20-16(19)12-7-5-8-14(10-12)18-11-13-6-3-4-9-15(13)17/h3-11H,2H2,1H3. The average molecular weight is 379 g/mol. The van der Waals surface area contributed by atoms with Crippen LogP contribution in [0.15, 0.2) is 53.5 Å². The smallest absolute Gasteiger partial charge is 0.338 e. The zero-order valence-electron chi connectivity index (χ0n) is 11.0. The van der Waals surface area contributed by atoms with Crippen LogP contribution < -0.4 is 0 Å². The highest BCUT2D eigenvalue weighted by molar-refractivity contribution is 14.1. The number of nitrogens with zero attached hydrogens (tertiary/aromatic N) is 1. The molecule has 0 saturated heterocycles. The summed E-state index contributed by atoms with van der Waals surface area (Å²) < 4.78 is 6.11. The summed E-state index contributed by atoms with van der Waals surface area (Å²) in [4.78, 5) is 16.1. The molecule has 0 amide bonds. The molecule has 0 atom stereocenters. The summed E-state index contributed by atoms with van der Waals surface area (Å²) in [5.74, 6) is -0.321. The molecule has 2 aromatic carbocycles. The Kier molecular flexibility index (Phi) is 5.29. The molecule has 2 rings (SSSR count). The van der Waals surface area contributed by atoms with Crippen LogP contribution in [0.2, 0.25) is 0 Å². The molecule has 0 heterocycles. The second-order valence-corrected chi connectivity index (χ2v) is 5.21. The summed E-state index contributed by atoms with van der Waals surface area (Å²) in [6, 6.07) is 15.1. The Labute approximate surface area is 131 Å². The lowest BCUT2D eigenvalue weighted by Gasteiger charge is -2.02. The van der Waals surface area contributed by atoms with Gasteiger partial charge in [-0.25, -0.2) is 4.79 Å². The van der Waals surface area contributed by atoms with Crippen molar-refractivity contribution in [2.75, 3.05) is 6.61 Å². The number of ether oxygens (including phenoxy) is 1. The van der Waals surface area contributed by atoms with E-state index in [1.54, 1.807) is 31.3 Å². The van der Waals surface area contributed by atoms with Crippen LogP contribution in [0.4, 0.5) is 5.69 Å². The van der Waals surface area contributed by atoms with Gasteiger partial charge < -0.3 is 4.74 Å². The zero-order valence-corrected chi connectivity index (χ0v) is 13.2. The van der Waals surface area contributed by atoms with Crippen LogP contribution in [0.3, 0.4) is 0 Å². The molecular formula is C16H14INO2. The van der Waals surface area contributed by atoms with Gasteiger partial charge in [0.15, 0.2) is 0 Å². The van der Waals surface area contributed by atoms with Crippen LogP contribution in [0, 0.1) is 3.57 Å². The summed E-state index contributed by atoms with van der Waals surface area (Å²) in [6.07, 6.45) is 1.80. The van der Waals surface area contributed by atoms with Crippen LogP contribution >= 0.6 is 22.6 Å². The molecule has 0 bridgehead atoms. The van der Waals surface area contributed by atoms with Gasteiger partial charge >= 0.3 is 5.97 Å². The van der Waals surface area contributed by atoms with E-state index in [-0.39, 0.29) is 5.97 Å². The van der Waals surface area contributed by atoms with Crippen LogP contribution in [-0.4, -0.2) is 18.8 Å². The van der Waals surface area contributed by atoms with Crippen LogP contribution in [-0.2, 0) is 4.74 Å². The first-order valence-corrected chi connectivity index (χ1v) is 7.34. The fraction of sp³-hybridized carbons (Fsp3) is 0.125. The van der Waals surface area contributed by atoms with Gasteiger partial charge in [0.05, 0.1) is 17.9 Å². The Morgan fingerprint density at radius 1 is 1.25 bits per heavy atom. The van der Waals surface area contributed by atoms with Crippen molar-refractivity contribution in [1.82, 2.24) is 0 Å². The van der Waals surface area contributed by atoms with Crippen molar-refractivity contribution < 1.29 is 9.53 Å². The third-order valence-corrected chi connectivity index (χ3v) is 3.60. The molecule has 0 aliphatic carbocycles. The van der Waals surface area contributed by atoms with Gasteiger partial charge in [-0.05, 0) is 53.8 Å². The molecule has 2 aromatic rings. The minimum Gasteiger partial charge on any atom is -0.462 e. The molecule has 0 fully saturated rings. The Bertz CT molecular complexity index is 638. The minimum absolute atomic E-state index is 0.321. The molecular weight excluding hydrogens is 365 g/mol. The van der Waals surface area contributed by atoms with Crippen LogP contribution in [0.1, 0.15) is 22.8 Å². The lowest BCUT2D eigenvalue weighted by molar-refractivity contribution is 0.0526. The third-order valence-electron chi connectivity index (χ3n) is 2.62. The van der Waals surface area contributed by atoms with Crippen molar-refractivity contribution in [3.8, 4) is 0 Å². The van der Waals surface area contributed by atoms with E-state index in [9.17, 15) is 4.79 Å². The highest BCUT2D eigenvalue weighted by atomic mass is 127. The number of carbonyl (C=O) groups is 1. The van der Waals surface area contributed by atoms with Crippen molar-refractivity contribution >= 4 is 40.5 Å². The summed E-state index contributed by atoms with van der Waals surface area (Å²) in [6.45, 7) is 2.16. The average Bonchev–Trinajstić information content (AvgIpc) is 2.47. The van der Waals surface area contributed by atoms with Gasteiger partial charge in [0, 0.05) is 15.3 Å². The van der Waals surface area contributed by atoms with Gasteiger partial charge in [-0.2, -0.15) is 0 Å². The monoisotopic (exact) mass is 379 g/mol. The molecule has 102 valence electrons. The fourth-order valence-corrected chi connectivity index (χ4v) is 2.18. The molecule has 4 heteroatoms. The van der Waals surface area contributed by atoms with Gasteiger partial charge in [-0.15, -0.1) is 0 Å². The number of rotatable bonds is 4. The first-order valence-electron chi connectivity index (χ1n) is 6.26. The molecule has 0 saturated carbocycles. The van der Waals surface area contributed by atoms with Gasteiger partial charge in [-0.1, -0.05) is 24.3 Å². The van der Waals surface area contributed by atoms with E-state index < -0.39 is 0 Å². The normalized spacial score (nSPS) is 10.7. The largest absolute Gasteiger partial charge is 0.462 e. The van der Waals surface area contributed by atoms with Gasteiger partial charge in [-0.3, -0.25) is 4.99 Å². The number of esters is 1. The Morgan fingerprint density at radius 2 is 2.05 bits per heavy atom. The van der Waals surface area contributed by atoms with Crippen molar-refractivity contribution in [2.45, 2.75) is 6.92 Å². The molecule has 0 aliphatic rings. The van der Waals surface area contributed by atoms with Crippen molar-refractivity contribution in [1.29, 1.82) is 0 Å². The van der Waals surface area contributed by atoms with Gasteiger partial charge in [0.25, 0.3) is 0 Å². The van der Waals surface area contributed by atoms with Crippen LogP contribution in [0.25, 0.3) is 0 Å². The minimum atomic E-state index is -0.321. The maximum Gasteiger partial charge on any atom is 0.338 e. The lowest BCUT2D eigenvalue weighted by Crippen LogP contribution is -2.03. The summed E-state index contributed by atoms with van der Waals surface area (Å²) in [5.41, 5.74) is 2.30. The number of hydrogen-bond acceptors (Lipinski definition) is 3. The van der Waals surface area contributed by atoms with E-state index in [0.29, 0.717) is 12.2 Å². The Balaban J connectivity index is 2.20. The van der Waals surface area contributed by atoms with Crippen molar-refractivity contribution in [2.24, 2.45) is 4.99 Å². The summed E-state index contributed by atoms with van der Waals surface area (Å²) in [7, 11) is 0. The predicted octanol–water partition coefficient (Wildman–Crippen LogP) is 4.22. The van der Waals surface area contributed by atoms with E-state index in [0.717, 1.165) is 14.8 Å². The first kappa shape index (κ1) is 14.7.